The summed E-state index contributed by atoms with van der Waals surface area (Å²) < 4.78 is 3.51. The molecular formula is C25H33ClN6S. The molecule has 2 aliphatic carbocycles. The molecule has 4 rings (SSSR count). The molecule has 0 amide bonds. The fourth-order valence-corrected chi connectivity index (χ4v) is 5.36. The molecule has 1 atom stereocenters. The molecule has 1 unspecified atom stereocenters. The van der Waals surface area contributed by atoms with Crippen molar-refractivity contribution in [3.63, 3.8) is 0 Å². The van der Waals surface area contributed by atoms with Gasteiger partial charge in [-0.2, -0.15) is 0 Å². The fraction of sp³-hybridized carbons (Fsp3) is 0.440. The number of aliphatic imine (C=N–C) groups is 2. The van der Waals surface area contributed by atoms with Crippen LogP contribution in [0.15, 0.2) is 75.1 Å². The number of fused-ring (bicyclic) bond motifs is 1. The minimum atomic E-state index is 0.0777. The number of guanidine groups is 1. The molecule has 1 aromatic rings. The summed E-state index contributed by atoms with van der Waals surface area (Å²) >= 11 is 7.87. The van der Waals surface area contributed by atoms with E-state index in [4.69, 9.17) is 22.3 Å². The van der Waals surface area contributed by atoms with Crippen LogP contribution in [0.3, 0.4) is 0 Å². The average molecular weight is 485 g/mol. The van der Waals surface area contributed by atoms with E-state index in [-0.39, 0.29) is 6.04 Å². The summed E-state index contributed by atoms with van der Waals surface area (Å²) in [5.74, 6) is 3.01. The molecule has 5 N–H and O–H groups in total. The van der Waals surface area contributed by atoms with E-state index in [0.717, 1.165) is 40.4 Å². The first-order valence-corrected chi connectivity index (χ1v) is 12.9. The van der Waals surface area contributed by atoms with Gasteiger partial charge in [0.05, 0.1) is 17.6 Å². The molecule has 0 aromatic heterocycles. The second-order valence-electron chi connectivity index (χ2n) is 8.61. The van der Waals surface area contributed by atoms with Gasteiger partial charge in [0.15, 0.2) is 5.96 Å². The molecule has 2 fully saturated rings. The van der Waals surface area contributed by atoms with Crippen molar-refractivity contribution in [2.45, 2.75) is 36.6 Å². The number of nitrogens with zero attached hydrogens (tertiary/aromatic N) is 2. The number of hydrogen-bond acceptors (Lipinski definition) is 5. The van der Waals surface area contributed by atoms with Crippen molar-refractivity contribution in [2.75, 3.05) is 26.2 Å². The molecule has 0 radical (unpaired) electrons. The molecule has 8 heteroatoms. The van der Waals surface area contributed by atoms with Crippen molar-refractivity contribution in [3.05, 3.63) is 65.2 Å². The van der Waals surface area contributed by atoms with Crippen LogP contribution in [-0.2, 0) is 0 Å². The van der Waals surface area contributed by atoms with Gasteiger partial charge >= 0.3 is 0 Å². The smallest absolute Gasteiger partial charge is 0.197 e. The van der Waals surface area contributed by atoms with E-state index in [1.165, 1.54) is 25.7 Å². The van der Waals surface area contributed by atoms with E-state index >= 15 is 0 Å². The van der Waals surface area contributed by atoms with Crippen LogP contribution in [0.2, 0.25) is 5.02 Å². The van der Waals surface area contributed by atoms with E-state index < -0.39 is 0 Å². The third-order valence-electron chi connectivity index (χ3n) is 6.20. The number of nitrogens with one attached hydrogen (secondary N) is 3. The summed E-state index contributed by atoms with van der Waals surface area (Å²) in [5, 5.41) is 7.69. The number of rotatable bonds is 8. The van der Waals surface area contributed by atoms with Crippen molar-refractivity contribution in [3.8, 4) is 0 Å². The number of benzene rings is 1. The number of allylic oxidation sites excluding steroid dienone is 4. The fourth-order valence-electron chi connectivity index (χ4n) is 4.32. The maximum absolute atomic E-state index is 6.24. The molecule has 1 aromatic carbocycles. The monoisotopic (exact) mass is 484 g/mol. The van der Waals surface area contributed by atoms with Crippen LogP contribution in [0.25, 0.3) is 0 Å². The van der Waals surface area contributed by atoms with E-state index in [1.807, 2.05) is 30.4 Å². The van der Waals surface area contributed by atoms with Gasteiger partial charge in [-0.3, -0.25) is 14.7 Å². The summed E-state index contributed by atoms with van der Waals surface area (Å²) in [6.07, 6.45) is 15.3. The number of hydrogen-bond donors (Lipinski definition) is 4. The minimum Gasteiger partial charge on any atom is -0.346 e. The Kier molecular flexibility index (Phi) is 9.06. The highest BCUT2D eigenvalue weighted by molar-refractivity contribution is 7.97. The summed E-state index contributed by atoms with van der Waals surface area (Å²) in [7, 11) is 0. The molecule has 1 aliphatic heterocycles. The van der Waals surface area contributed by atoms with Crippen molar-refractivity contribution >= 4 is 35.3 Å². The van der Waals surface area contributed by atoms with Gasteiger partial charge in [0, 0.05) is 30.1 Å². The van der Waals surface area contributed by atoms with Gasteiger partial charge in [-0.1, -0.05) is 54.1 Å². The van der Waals surface area contributed by atoms with Gasteiger partial charge in [-0.15, -0.1) is 0 Å². The zero-order valence-electron chi connectivity index (χ0n) is 18.8. The van der Waals surface area contributed by atoms with Crippen LogP contribution in [0.5, 0.6) is 0 Å². The maximum Gasteiger partial charge on any atom is 0.197 e. The van der Waals surface area contributed by atoms with E-state index in [2.05, 4.69) is 44.6 Å². The lowest BCUT2D eigenvalue weighted by Gasteiger charge is -2.30. The predicted octanol–water partition coefficient (Wildman–Crippen LogP) is 4.07. The largest absolute Gasteiger partial charge is 0.346 e. The first kappa shape index (κ1) is 24.1. The molecule has 6 nitrogen and oxygen atoms in total. The summed E-state index contributed by atoms with van der Waals surface area (Å²) in [6.45, 7) is 2.98. The third-order valence-corrected chi connectivity index (χ3v) is 7.53. The van der Waals surface area contributed by atoms with Crippen LogP contribution in [0.4, 0.5) is 0 Å². The second kappa shape index (κ2) is 12.4. The number of halogens is 1. The van der Waals surface area contributed by atoms with Crippen LogP contribution in [0.1, 0.15) is 25.7 Å². The molecule has 3 aliphatic rings. The lowest BCUT2D eigenvalue weighted by Crippen LogP contribution is -2.54. The van der Waals surface area contributed by atoms with Gasteiger partial charge in [-0.25, -0.2) is 0 Å². The second-order valence-corrected chi connectivity index (χ2v) is 9.95. The first-order valence-electron chi connectivity index (χ1n) is 11.7. The Morgan fingerprint density at radius 1 is 1.06 bits per heavy atom. The molecular weight excluding hydrogens is 452 g/mol. The van der Waals surface area contributed by atoms with Gasteiger partial charge in [0.1, 0.15) is 5.84 Å². The summed E-state index contributed by atoms with van der Waals surface area (Å²) in [4.78, 5) is 10.6. The maximum atomic E-state index is 6.24. The quantitative estimate of drug-likeness (QED) is 0.418. The highest BCUT2D eigenvalue weighted by Crippen LogP contribution is 2.30. The average Bonchev–Trinajstić information content (AvgIpc) is 3.09. The van der Waals surface area contributed by atoms with Crippen molar-refractivity contribution < 1.29 is 0 Å². The molecule has 1 saturated heterocycles. The molecule has 0 bridgehead atoms. The topological polar surface area (TPSA) is 86.8 Å². The van der Waals surface area contributed by atoms with Crippen LogP contribution in [0, 0.1) is 11.8 Å². The Hall–Kier alpha value is -2.06. The Bertz CT molecular complexity index is 946. The Balaban J connectivity index is 1.24. The normalized spacial score (nSPS) is 27.0. The van der Waals surface area contributed by atoms with Crippen molar-refractivity contribution in [1.82, 2.24) is 15.4 Å². The van der Waals surface area contributed by atoms with E-state index in [9.17, 15) is 0 Å². The van der Waals surface area contributed by atoms with E-state index in [0.29, 0.717) is 24.9 Å². The van der Waals surface area contributed by atoms with Crippen LogP contribution >= 0.6 is 23.5 Å². The van der Waals surface area contributed by atoms with Gasteiger partial charge in [0.2, 0.25) is 0 Å². The Morgan fingerprint density at radius 2 is 1.88 bits per heavy atom. The zero-order valence-corrected chi connectivity index (χ0v) is 20.4. The molecule has 0 spiro atoms. The summed E-state index contributed by atoms with van der Waals surface area (Å²) in [6, 6.07) is 8.04. The van der Waals surface area contributed by atoms with Gasteiger partial charge in [0.25, 0.3) is 0 Å². The molecule has 1 heterocycles. The van der Waals surface area contributed by atoms with Crippen LogP contribution < -0.4 is 21.1 Å². The third kappa shape index (κ3) is 6.96. The molecule has 33 heavy (non-hydrogen) atoms. The highest BCUT2D eigenvalue weighted by Gasteiger charge is 2.26. The molecule has 176 valence electrons. The first-order chi connectivity index (χ1) is 16.2. The Labute approximate surface area is 206 Å². The highest BCUT2D eigenvalue weighted by atomic mass is 35.5. The standard InChI is InChI=1S/C25H33ClN6S/c26-21-7-4-5-9-23(21)33-30-17-19-12-10-18(11-13-19)16-29-25-31-22-8-3-1-2-6-20(22)24(32-25)28-15-14-27/h1-9,18-19,22,30H,10-17,27H2,(H2,28,29,31,32). The predicted molar refractivity (Wildman–Crippen MR) is 141 cm³/mol. The van der Waals surface area contributed by atoms with Gasteiger partial charge < -0.3 is 16.4 Å². The van der Waals surface area contributed by atoms with Crippen molar-refractivity contribution in [2.24, 2.45) is 27.6 Å². The number of nitrogens with two attached hydrogens (primary N) is 1. The number of amidine groups is 1. The lowest BCUT2D eigenvalue weighted by molar-refractivity contribution is 0.282. The lowest BCUT2D eigenvalue weighted by atomic mass is 9.82. The molecule has 1 saturated carbocycles. The zero-order chi connectivity index (χ0) is 22.9. The van der Waals surface area contributed by atoms with Crippen molar-refractivity contribution in [1.29, 1.82) is 0 Å². The minimum absolute atomic E-state index is 0.0777. The SMILES string of the molecule is NCCN=C1NC(=NCC2CCC(CNSc3ccccc3Cl)CC2)NC2C=CC=CC=C12. The Morgan fingerprint density at radius 3 is 2.70 bits per heavy atom. The van der Waals surface area contributed by atoms with E-state index in [1.54, 1.807) is 11.9 Å². The summed E-state index contributed by atoms with van der Waals surface area (Å²) in [5.41, 5.74) is 6.79. The van der Waals surface area contributed by atoms with Crippen LogP contribution in [-0.4, -0.2) is 44.0 Å². The van der Waals surface area contributed by atoms with Gasteiger partial charge in [-0.05, 0) is 61.6 Å².